The Kier molecular flexibility index (Phi) is 4.89. The Balaban J connectivity index is 1.51. The van der Waals surface area contributed by atoms with E-state index in [9.17, 15) is 14.0 Å². The average molecular weight is 326 g/mol. The quantitative estimate of drug-likeness (QED) is 0.887. The summed E-state index contributed by atoms with van der Waals surface area (Å²) in [7, 11) is 0. The predicted octanol–water partition coefficient (Wildman–Crippen LogP) is 2.96. The topological polar surface area (TPSA) is 58.2 Å². The maximum absolute atomic E-state index is 13.5. The molecule has 0 atom stereocenters. The Morgan fingerprint density at radius 3 is 2.83 bits per heavy atom. The first-order valence-corrected chi connectivity index (χ1v) is 8.03. The van der Waals surface area contributed by atoms with Crippen molar-refractivity contribution in [2.24, 2.45) is 0 Å². The fourth-order valence-corrected chi connectivity index (χ4v) is 2.79. The second kappa shape index (κ2) is 7.25. The number of aryl methyl sites for hydroxylation is 2. The van der Waals surface area contributed by atoms with E-state index in [1.165, 1.54) is 6.07 Å². The highest BCUT2D eigenvalue weighted by Gasteiger charge is 2.14. The second-order valence-corrected chi connectivity index (χ2v) is 5.91. The number of fused-ring (bicyclic) bond motifs is 1. The van der Waals surface area contributed by atoms with Gasteiger partial charge in [0.25, 0.3) is 0 Å². The Morgan fingerprint density at radius 1 is 1.17 bits per heavy atom. The fourth-order valence-electron chi connectivity index (χ4n) is 2.79. The van der Waals surface area contributed by atoms with Crippen molar-refractivity contribution in [2.75, 3.05) is 5.32 Å². The van der Waals surface area contributed by atoms with Crippen LogP contribution >= 0.6 is 0 Å². The molecule has 3 rings (SSSR count). The molecule has 2 aromatic carbocycles. The molecule has 0 aromatic heterocycles. The molecule has 1 aliphatic rings. The molecule has 0 bridgehead atoms. The third kappa shape index (κ3) is 3.98. The van der Waals surface area contributed by atoms with Crippen molar-refractivity contribution in [3.05, 3.63) is 65.0 Å². The van der Waals surface area contributed by atoms with Crippen molar-refractivity contribution in [1.82, 2.24) is 5.32 Å². The molecule has 0 radical (unpaired) electrons. The Labute approximate surface area is 140 Å². The van der Waals surface area contributed by atoms with E-state index in [-0.39, 0.29) is 24.1 Å². The van der Waals surface area contributed by atoms with E-state index in [1.54, 1.807) is 18.2 Å². The summed E-state index contributed by atoms with van der Waals surface area (Å²) in [6, 6.07) is 12.3. The van der Waals surface area contributed by atoms with Gasteiger partial charge >= 0.3 is 0 Å². The van der Waals surface area contributed by atoms with Gasteiger partial charge in [0.15, 0.2) is 0 Å². The lowest BCUT2D eigenvalue weighted by Crippen LogP contribution is -2.24. The number of anilines is 1. The average Bonchev–Trinajstić information content (AvgIpc) is 2.59. The van der Waals surface area contributed by atoms with Crippen LogP contribution in [0, 0.1) is 5.82 Å². The van der Waals surface area contributed by atoms with Crippen molar-refractivity contribution in [2.45, 2.75) is 32.2 Å². The maximum Gasteiger partial charge on any atom is 0.224 e. The largest absolute Gasteiger partial charge is 0.352 e. The molecule has 5 heteroatoms. The van der Waals surface area contributed by atoms with Gasteiger partial charge in [-0.3, -0.25) is 9.59 Å². The summed E-state index contributed by atoms with van der Waals surface area (Å²) >= 11 is 0. The number of carbonyl (C=O) groups excluding carboxylic acids is 2. The number of nitrogens with one attached hydrogen (secondary N) is 2. The van der Waals surface area contributed by atoms with Crippen LogP contribution in [0.1, 0.15) is 29.5 Å². The third-order valence-corrected chi connectivity index (χ3v) is 4.13. The lowest BCUT2D eigenvalue weighted by atomic mass is 10.0. The number of benzene rings is 2. The first-order chi connectivity index (χ1) is 11.6. The maximum atomic E-state index is 13.5. The predicted molar refractivity (Wildman–Crippen MR) is 90.0 cm³/mol. The second-order valence-electron chi connectivity index (χ2n) is 5.91. The normalized spacial score (nSPS) is 13.1. The number of amides is 2. The van der Waals surface area contributed by atoms with Crippen LogP contribution in [0.5, 0.6) is 0 Å². The summed E-state index contributed by atoms with van der Waals surface area (Å²) in [6.07, 6.45) is 1.85. The lowest BCUT2D eigenvalue weighted by molar-refractivity contribution is -0.121. The molecule has 1 heterocycles. The summed E-state index contributed by atoms with van der Waals surface area (Å²) in [5, 5.41) is 5.69. The van der Waals surface area contributed by atoms with Crippen molar-refractivity contribution in [3.8, 4) is 0 Å². The highest BCUT2D eigenvalue weighted by Crippen LogP contribution is 2.23. The molecule has 0 aliphatic carbocycles. The molecule has 1 aliphatic heterocycles. The molecule has 0 spiro atoms. The summed E-state index contributed by atoms with van der Waals surface area (Å²) < 4.78 is 13.5. The van der Waals surface area contributed by atoms with Crippen molar-refractivity contribution < 1.29 is 14.0 Å². The molecular formula is C19H19FN2O2. The van der Waals surface area contributed by atoms with Gasteiger partial charge in [-0.15, -0.1) is 0 Å². The highest BCUT2D eigenvalue weighted by atomic mass is 19.1. The molecular weight excluding hydrogens is 307 g/mol. The minimum absolute atomic E-state index is 0.0386. The van der Waals surface area contributed by atoms with Crippen LogP contribution in [0.15, 0.2) is 42.5 Å². The smallest absolute Gasteiger partial charge is 0.224 e. The minimum Gasteiger partial charge on any atom is -0.352 e. The third-order valence-electron chi connectivity index (χ3n) is 4.13. The standard InChI is InChI=1S/C19H19FN2O2/c20-16-4-2-1-3-14(16)6-9-18(23)21-12-13-5-8-17-15(11-13)7-10-19(24)22-17/h1-5,8,11H,6-7,9-10,12H2,(H,21,23)(H,22,24). The van der Waals surface area contributed by atoms with Gasteiger partial charge < -0.3 is 10.6 Å². The van der Waals surface area contributed by atoms with E-state index in [1.807, 2.05) is 18.2 Å². The Hall–Kier alpha value is -2.69. The van der Waals surface area contributed by atoms with Crippen molar-refractivity contribution in [3.63, 3.8) is 0 Å². The van der Waals surface area contributed by atoms with E-state index in [0.29, 0.717) is 24.9 Å². The van der Waals surface area contributed by atoms with Crippen LogP contribution in [0.4, 0.5) is 10.1 Å². The van der Waals surface area contributed by atoms with Gasteiger partial charge in [0.1, 0.15) is 5.82 Å². The lowest BCUT2D eigenvalue weighted by Gasteiger charge is -2.17. The SMILES string of the molecule is O=C(CCc1ccccc1F)NCc1ccc2c(c1)CCC(=O)N2. The molecule has 0 fully saturated rings. The first kappa shape index (κ1) is 16.2. The van der Waals surface area contributed by atoms with Gasteiger partial charge in [-0.05, 0) is 41.7 Å². The zero-order valence-electron chi connectivity index (χ0n) is 13.3. The molecule has 2 aromatic rings. The molecule has 2 N–H and O–H groups in total. The number of hydrogen-bond acceptors (Lipinski definition) is 2. The minimum atomic E-state index is -0.276. The van der Waals surface area contributed by atoms with Gasteiger partial charge in [-0.1, -0.05) is 30.3 Å². The molecule has 124 valence electrons. The summed E-state index contributed by atoms with van der Waals surface area (Å²) in [6.45, 7) is 0.428. The van der Waals surface area contributed by atoms with E-state index in [2.05, 4.69) is 10.6 Å². The van der Waals surface area contributed by atoms with Gasteiger partial charge in [0.2, 0.25) is 11.8 Å². The molecule has 2 amide bonds. The number of halogens is 1. The number of rotatable bonds is 5. The van der Waals surface area contributed by atoms with Crippen LogP contribution in [0.25, 0.3) is 0 Å². The van der Waals surface area contributed by atoms with E-state index in [4.69, 9.17) is 0 Å². The Bertz CT molecular complexity index is 774. The van der Waals surface area contributed by atoms with E-state index in [0.717, 1.165) is 23.2 Å². The first-order valence-electron chi connectivity index (χ1n) is 8.03. The highest BCUT2D eigenvalue weighted by molar-refractivity contribution is 5.93. The van der Waals surface area contributed by atoms with Gasteiger partial charge in [-0.25, -0.2) is 4.39 Å². The molecule has 24 heavy (non-hydrogen) atoms. The molecule has 4 nitrogen and oxygen atoms in total. The Morgan fingerprint density at radius 2 is 2.00 bits per heavy atom. The zero-order chi connectivity index (χ0) is 16.9. The molecule has 0 saturated carbocycles. The summed E-state index contributed by atoms with van der Waals surface area (Å²) in [5.74, 6) is -0.344. The molecule has 0 saturated heterocycles. The zero-order valence-corrected chi connectivity index (χ0v) is 13.3. The van der Waals surface area contributed by atoms with Gasteiger partial charge in [-0.2, -0.15) is 0 Å². The van der Waals surface area contributed by atoms with Gasteiger partial charge in [0.05, 0.1) is 0 Å². The monoisotopic (exact) mass is 326 g/mol. The van der Waals surface area contributed by atoms with Crippen molar-refractivity contribution >= 4 is 17.5 Å². The van der Waals surface area contributed by atoms with Crippen molar-refractivity contribution in [1.29, 1.82) is 0 Å². The van der Waals surface area contributed by atoms with Crippen LogP contribution < -0.4 is 10.6 Å². The number of hydrogen-bond donors (Lipinski definition) is 2. The van der Waals surface area contributed by atoms with Crippen LogP contribution in [-0.4, -0.2) is 11.8 Å². The van der Waals surface area contributed by atoms with Crippen LogP contribution in [0.2, 0.25) is 0 Å². The molecule has 0 unspecified atom stereocenters. The van der Waals surface area contributed by atoms with Gasteiger partial charge in [0, 0.05) is 25.1 Å². The summed E-state index contributed by atoms with van der Waals surface area (Å²) in [5.41, 5.74) is 3.48. The van der Waals surface area contributed by atoms with E-state index < -0.39 is 0 Å². The fraction of sp³-hybridized carbons (Fsp3) is 0.263. The summed E-state index contributed by atoms with van der Waals surface area (Å²) in [4.78, 5) is 23.3. The van der Waals surface area contributed by atoms with Crippen LogP contribution in [-0.2, 0) is 29.0 Å². The van der Waals surface area contributed by atoms with Crippen LogP contribution in [0.3, 0.4) is 0 Å². The number of carbonyl (C=O) groups is 2. The van der Waals surface area contributed by atoms with E-state index >= 15 is 0 Å².